The maximum atomic E-state index is 13.2. The Balaban J connectivity index is 1.47. The van der Waals surface area contributed by atoms with E-state index in [1.54, 1.807) is 58.6 Å². The molecule has 0 unspecified atom stereocenters. The van der Waals surface area contributed by atoms with Gasteiger partial charge in [-0.05, 0) is 42.0 Å². The quantitative estimate of drug-likeness (QED) is 0.639. The molecule has 8 heteroatoms. The van der Waals surface area contributed by atoms with E-state index in [-0.39, 0.29) is 36.5 Å². The number of hydrogen-bond acceptors (Lipinski definition) is 4. The molecule has 3 atom stereocenters. The number of benzene rings is 2. The maximum absolute atomic E-state index is 13.2. The molecule has 3 aromatic rings. The van der Waals surface area contributed by atoms with Gasteiger partial charge in [0.2, 0.25) is 0 Å². The van der Waals surface area contributed by atoms with E-state index in [2.05, 4.69) is 10.3 Å². The van der Waals surface area contributed by atoms with Gasteiger partial charge in [-0.2, -0.15) is 0 Å². The summed E-state index contributed by atoms with van der Waals surface area (Å²) in [6.45, 7) is 0.169. The first-order chi connectivity index (χ1) is 15.6. The lowest BCUT2D eigenvalue weighted by Gasteiger charge is -2.58. The number of hydrogen-bond donors (Lipinski definition) is 2. The van der Waals surface area contributed by atoms with Crippen molar-refractivity contribution in [2.75, 3.05) is 23.4 Å². The Morgan fingerprint density at radius 3 is 2.62 bits per heavy atom. The van der Waals surface area contributed by atoms with Crippen LogP contribution in [0.2, 0.25) is 5.02 Å². The number of likely N-dealkylation sites (tertiary alicyclic amines) is 1. The van der Waals surface area contributed by atoms with Crippen molar-refractivity contribution in [2.45, 2.75) is 18.0 Å². The SMILES string of the molecule is O=C(Nc1cccc(Cl)c1)N1C[C@@H]2[C@H](c3ccccc31)[C@@H](CO)N2C(=O)c1ccncc1. The second-order valence-corrected chi connectivity index (χ2v) is 8.34. The summed E-state index contributed by atoms with van der Waals surface area (Å²) in [5.74, 6) is -0.223. The molecule has 3 heterocycles. The van der Waals surface area contributed by atoms with E-state index < -0.39 is 0 Å². The summed E-state index contributed by atoms with van der Waals surface area (Å²) in [6.07, 6.45) is 3.14. The van der Waals surface area contributed by atoms with Crippen molar-refractivity contribution in [3.63, 3.8) is 0 Å². The summed E-state index contributed by atoms with van der Waals surface area (Å²) in [5.41, 5.74) is 2.82. The van der Waals surface area contributed by atoms with Gasteiger partial charge < -0.3 is 15.3 Å². The van der Waals surface area contributed by atoms with Gasteiger partial charge in [-0.3, -0.25) is 14.7 Å². The number of amides is 3. The third-order valence-corrected chi connectivity index (χ3v) is 6.40. The predicted octanol–water partition coefficient (Wildman–Crippen LogP) is 3.76. The smallest absolute Gasteiger partial charge is 0.326 e. The van der Waals surface area contributed by atoms with E-state index in [4.69, 9.17) is 11.6 Å². The summed E-state index contributed by atoms with van der Waals surface area (Å²) in [5, 5.41) is 13.5. The molecule has 162 valence electrons. The monoisotopic (exact) mass is 448 g/mol. The van der Waals surface area contributed by atoms with Crippen LogP contribution < -0.4 is 10.2 Å². The average Bonchev–Trinajstić information content (AvgIpc) is 2.80. The summed E-state index contributed by atoms with van der Waals surface area (Å²) in [7, 11) is 0. The van der Waals surface area contributed by atoms with Crippen LogP contribution in [0.1, 0.15) is 21.8 Å². The standard InChI is InChI=1S/C24H21ClN4O3/c25-16-4-3-5-17(12-16)27-24(32)28-13-20-22(18-6-1-2-7-19(18)28)21(14-30)29(20)23(31)15-8-10-26-11-9-15/h1-12,20-22,30H,13-14H2,(H,27,32)/t20-,21-,22+/m1/s1. The number of fused-ring (bicyclic) bond motifs is 3. The molecule has 0 spiro atoms. The molecule has 7 nitrogen and oxygen atoms in total. The first-order valence-corrected chi connectivity index (χ1v) is 10.7. The highest BCUT2D eigenvalue weighted by Gasteiger charge is 2.55. The van der Waals surface area contributed by atoms with Crippen molar-refractivity contribution in [3.8, 4) is 0 Å². The molecular formula is C24H21ClN4O3. The maximum Gasteiger partial charge on any atom is 0.326 e. The number of anilines is 2. The predicted molar refractivity (Wildman–Crippen MR) is 122 cm³/mol. The first kappa shape index (κ1) is 20.5. The number of carbonyl (C=O) groups is 2. The van der Waals surface area contributed by atoms with Gasteiger partial charge in [0.1, 0.15) is 0 Å². The zero-order chi connectivity index (χ0) is 22.2. The Morgan fingerprint density at radius 2 is 1.88 bits per heavy atom. The molecule has 1 fully saturated rings. The summed E-state index contributed by atoms with van der Waals surface area (Å²) >= 11 is 6.05. The van der Waals surface area contributed by atoms with Crippen LogP contribution in [-0.4, -0.2) is 52.2 Å². The van der Waals surface area contributed by atoms with Gasteiger partial charge in [0, 0.05) is 46.8 Å². The van der Waals surface area contributed by atoms with E-state index in [0.717, 1.165) is 11.3 Å². The number of pyridine rings is 1. The molecule has 1 saturated heterocycles. The minimum atomic E-state index is -0.347. The lowest BCUT2D eigenvalue weighted by molar-refractivity contribution is -0.0241. The Labute approximate surface area is 190 Å². The molecule has 2 aliphatic rings. The fourth-order valence-corrected chi connectivity index (χ4v) is 4.95. The molecule has 0 saturated carbocycles. The Morgan fingerprint density at radius 1 is 1.09 bits per heavy atom. The molecule has 2 N–H and O–H groups in total. The van der Waals surface area contributed by atoms with E-state index in [9.17, 15) is 14.7 Å². The Bertz CT molecular complexity index is 1170. The van der Waals surface area contributed by atoms with Gasteiger partial charge in [-0.1, -0.05) is 35.9 Å². The minimum absolute atomic E-state index is 0.0443. The normalized spacial score (nSPS) is 21.2. The van der Waals surface area contributed by atoms with Crippen LogP contribution in [0.4, 0.5) is 16.2 Å². The third-order valence-electron chi connectivity index (χ3n) is 6.17. The fourth-order valence-electron chi connectivity index (χ4n) is 4.76. The van der Waals surface area contributed by atoms with Crippen LogP contribution in [0.15, 0.2) is 73.1 Å². The molecule has 0 bridgehead atoms. The lowest BCUT2D eigenvalue weighted by Crippen LogP contribution is -2.71. The van der Waals surface area contributed by atoms with Gasteiger partial charge >= 0.3 is 6.03 Å². The number of aliphatic hydroxyl groups is 1. The van der Waals surface area contributed by atoms with Crippen LogP contribution in [0.5, 0.6) is 0 Å². The molecule has 5 rings (SSSR count). The van der Waals surface area contributed by atoms with Crippen LogP contribution in [0.25, 0.3) is 0 Å². The molecular weight excluding hydrogens is 428 g/mol. The number of para-hydroxylation sites is 1. The molecule has 3 amide bonds. The van der Waals surface area contributed by atoms with Crippen molar-refractivity contribution in [3.05, 3.63) is 89.2 Å². The van der Waals surface area contributed by atoms with E-state index in [0.29, 0.717) is 22.8 Å². The van der Waals surface area contributed by atoms with Gasteiger partial charge in [0.05, 0.1) is 18.7 Å². The molecule has 0 aliphatic carbocycles. The van der Waals surface area contributed by atoms with Crippen molar-refractivity contribution < 1.29 is 14.7 Å². The fraction of sp³-hybridized carbons (Fsp3) is 0.208. The van der Waals surface area contributed by atoms with Crippen LogP contribution in [0.3, 0.4) is 0 Å². The summed E-state index contributed by atoms with van der Waals surface area (Å²) in [4.78, 5) is 33.8. The minimum Gasteiger partial charge on any atom is -0.394 e. The topological polar surface area (TPSA) is 85.8 Å². The number of aromatic nitrogens is 1. The van der Waals surface area contributed by atoms with E-state index >= 15 is 0 Å². The van der Waals surface area contributed by atoms with E-state index in [1.165, 1.54) is 0 Å². The molecule has 32 heavy (non-hydrogen) atoms. The number of nitrogens with zero attached hydrogens (tertiary/aromatic N) is 3. The number of rotatable bonds is 3. The van der Waals surface area contributed by atoms with Crippen molar-refractivity contribution in [1.29, 1.82) is 0 Å². The second kappa shape index (κ2) is 8.26. The van der Waals surface area contributed by atoms with Gasteiger partial charge in [0.15, 0.2) is 0 Å². The zero-order valence-electron chi connectivity index (χ0n) is 17.1. The lowest BCUT2D eigenvalue weighted by atomic mass is 9.71. The Hall–Kier alpha value is -3.42. The third kappa shape index (κ3) is 3.39. The van der Waals surface area contributed by atoms with Gasteiger partial charge in [0.25, 0.3) is 5.91 Å². The largest absolute Gasteiger partial charge is 0.394 e. The number of halogens is 1. The summed E-state index contributed by atoms with van der Waals surface area (Å²) in [6, 6.07) is 17.0. The molecule has 2 aliphatic heterocycles. The zero-order valence-corrected chi connectivity index (χ0v) is 17.8. The second-order valence-electron chi connectivity index (χ2n) is 7.90. The number of carbonyl (C=O) groups excluding carboxylic acids is 2. The van der Waals surface area contributed by atoms with Gasteiger partial charge in [-0.25, -0.2) is 4.79 Å². The van der Waals surface area contributed by atoms with Crippen LogP contribution >= 0.6 is 11.6 Å². The van der Waals surface area contributed by atoms with Crippen LogP contribution in [0, 0.1) is 0 Å². The highest BCUT2D eigenvalue weighted by Crippen LogP contribution is 2.48. The highest BCUT2D eigenvalue weighted by atomic mass is 35.5. The number of nitrogens with one attached hydrogen (secondary N) is 1. The highest BCUT2D eigenvalue weighted by molar-refractivity contribution is 6.30. The molecule has 0 radical (unpaired) electrons. The van der Waals surface area contributed by atoms with E-state index in [1.807, 2.05) is 24.3 Å². The average molecular weight is 449 g/mol. The van der Waals surface area contributed by atoms with Crippen molar-refractivity contribution in [2.24, 2.45) is 0 Å². The molecule has 1 aromatic heterocycles. The van der Waals surface area contributed by atoms with Crippen LogP contribution in [-0.2, 0) is 0 Å². The van der Waals surface area contributed by atoms with Gasteiger partial charge in [-0.15, -0.1) is 0 Å². The van der Waals surface area contributed by atoms with Crippen molar-refractivity contribution in [1.82, 2.24) is 9.88 Å². The summed E-state index contributed by atoms with van der Waals surface area (Å²) < 4.78 is 0. The molecule has 2 aromatic carbocycles. The first-order valence-electron chi connectivity index (χ1n) is 10.3. The number of urea groups is 1. The van der Waals surface area contributed by atoms with Crippen molar-refractivity contribution >= 4 is 34.9 Å². The number of aliphatic hydroxyl groups excluding tert-OH is 1. The Kier molecular flexibility index (Phi) is 5.28.